The molecule has 1 fully saturated rings. The van der Waals surface area contributed by atoms with Crippen LogP contribution >= 0.6 is 0 Å². The predicted octanol–water partition coefficient (Wildman–Crippen LogP) is 2.14. The number of nitrogens with one attached hydrogen (secondary N) is 2. The van der Waals surface area contributed by atoms with Crippen LogP contribution in [0.4, 0.5) is 4.39 Å². The molecule has 1 aromatic carbocycles. The third-order valence-corrected chi connectivity index (χ3v) is 3.09. The first-order valence-electron chi connectivity index (χ1n) is 6.30. The van der Waals surface area contributed by atoms with Gasteiger partial charge in [0.1, 0.15) is 5.82 Å². The summed E-state index contributed by atoms with van der Waals surface area (Å²) >= 11 is 0. The van der Waals surface area contributed by atoms with Gasteiger partial charge in [-0.1, -0.05) is 6.07 Å². The van der Waals surface area contributed by atoms with Gasteiger partial charge in [-0.15, -0.1) is 0 Å². The molecular formula is C14H20FN3. The second kappa shape index (κ2) is 5.98. The molecule has 2 heterocycles. The number of likely N-dealkylation sites (N-methyl/N-ethyl adjacent to an activating group) is 1. The Bertz CT molecular complexity index is 501. The third-order valence-electron chi connectivity index (χ3n) is 3.09. The highest BCUT2D eigenvalue weighted by Gasteiger charge is 2.01. The second-order valence-electron chi connectivity index (χ2n) is 4.71. The van der Waals surface area contributed by atoms with Gasteiger partial charge in [-0.25, -0.2) is 4.39 Å². The molecule has 0 amide bonds. The summed E-state index contributed by atoms with van der Waals surface area (Å²) in [5.74, 6) is -0.160. The van der Waals surface area contributed by atoms with Crippen LogP contribution in [0.25, 0.3) is 10.9 Å². The quantitative estimate of drug-likeness (QED) is 0.749. The van der Waals surface area contributed by atoms with E-state index in [0.717, 1.165) is 24.3 Å². The summed E-state index contributed by atoms with van der Waals surface area (Å²) in [4.78, 5) is 5.39. The number of hydrogen-bond donors (Lipinski definition) is 2. The molecule has 0 radical (unpaired) electrons. The maximum absolute atomic E-state index is 13.0. The molecule has 1 aliphatic rings. The van der Waals surface area contributed by atoms with Crippen molar-refractivity contribution in [2.45, 2.75) is 6.92 Å². The summed E-state index contributed by atoms with van der Waals surface area (Å²) in [5, 5.41) is 3.94. The Hall–Kier alpha value is -1.39. The molecule has 2 N–H and O–H groups in total. The van der Waals surface area contributed by atoms with Crippen LogP contribution in [-0.2, 0) is 0 Å². The van der Waals surface area contributed by atoms with Crippen molar-refractivity contribution in [2.75, 3.05) is 33.2 Å². The van der Waals surface area contributed by atoms with Gasteiger partial charge in [0.2, 0.25) is 0 Å². The molecule has 4 heteroatoms. The number of hydrogen-bond acceptors (Lipinski definition) is 2. The molecule has 0 saturated carbocycles. The first-order chi connectivity index (χ1) is 8.66. The zero-order valence-electron chi connectivity index (χ0n) is 11.0. The Labute approximate surface area is 107 Å². The van der Waals surface area contributed by atoms with Crippen LogP contribution in [0.15, 0.2) is 24.3 Å². The molecule has 0 bridgehead atoms. The summed E-state index contributed by atoms with van der Waals surface area (Å²) in [5.41, 5.74) is 1.85. The Balaban J connectivity index is 0.000000149. The average Bonchev–Trinajstić information content (AvgIpc) is 2.73. The molecule has 0 atom stereocenters. The van der Waals surface area contributed by atoms with Crippen LogP contribution < -0.4 is 5.32 Å². The molecule has 1 aliphatic heterocycles. The number of fused-ring (bicyclic) bond motifs is 1. The average molecular weight is 249 g/mol. The molecule has 98 valence electrons. The second-order valence-corrected chi connectivity index (χ2v) is 4.71. The molecule has 1 saturated heterocycles. The van der Waals surface area contributed by atoms with E-state index in [4.69, 9.17) is 0 Å². The maximum atomic E-state index is 13.0. The summed E-state index contributed by atoms with van der Waals surface area (Å²) in [7, 11) is 2.15. The molecule has 0 unspecified atom stereocenters. The number of halogens is 1. The minimum absolute atomic E-state index is 0.160. The zero-order valence-corrected chi connectivity index (χ0v) is 11.0. The normalized spacial score (nSPS) is 16.4. The van der Waals surface area contributed by atoms with E-state index in [-0.39, 0.29) is 5.82 Å². The minimum atomic E-state index is -0.160. The van der Waals surface area contributed by atoms with Crippen molar-refractivity contribution >= 4 is 10.9 Å². The molecule has 1 aromatic heterocycles. The fourth-order valence-corrected chi connectivity index (χ4v) is 2.03. The van der Waals surface area contributed by atoms with Crippen molar-refractivity contribution < 1.29 is 4.39 Å². The van der Waals surface area contributed by atoms with Gasteiger partial charge in [0.15, 0.2) is 0 Å². The van der Waals surface area contributed by atoms with Gasteiger partial charge in [0, 0.05) is 42.8 Å². The lowest BCUT2D eigenvalue weighted by Gasteiger charge is -2.21. The van der Waals surface area contributed by atoms with Crippen molar-refractivity contribution in [3.63, 3.8) is 0 Å². The first kappa shape index (κ1) is 13.1. The van der Waals surface area contributed by atoms with E-state index in [1.54, 1.807) is 6.07 Å². The van der Waals surface area contributed by atoms with Crippen molar-refractivity contribution in [3.8, 4) is 0 Å². The molecule has 2 aromatic rings. The number of H-pyrrole nitrogens is 1. The number of aryl methyl sites for hydroxylation is 1. The van der Waals surface area contributed by atoms with E-state index in [1.807, 2.05) is 19.1 Å². The number of aromatic nitrogens is 1. The highest BCUT2D eigenvalue weighted by molar-refractivity contribution is 5.80. The van der Waals surface area contributed by atoms with Gasteiger partial charge >= 0.3 is 0 Å². The van der Waals surface area contributed by atoms with Gasteiger partial charge in [0.25, 0.3) is 0 Å². The van der Waals surface area contributed by atoms with Gasteiger partial charge in [-0.2, -0.15) is 0 Å². The summed E-state index contributed by atoms with van der Waals surface area (Å²) in [6, 6.07) is 6.85. The van der Waals surface area contributed by atoms with Crippen molar-refractivity contribution in [2.24, 2.45) is 0 Å². The Kier molecular flexibility index (Phi) is 4.33. The van der Waals surface area contributed by atoms with E-state index in [1.165, 1.54) is 19.2 Å². The lowest BCUT2D eigenvalue weighted by atomic mass is 10.2. The van der Waals surface area contributed by atoms with Crippen LogP contribution in [0.1, 0.15) is 5.69 Å². The SMILES string of the molecule is CN1CCNCC1.Cc1cc2c(F)cccc2[nH]1. The third kappa shape index (κ3) is 3.31. The molecular weight excluding hydrogens is 229 g/mol. The van der Waals surface area contributed by atoms with E-state index >= 15 is 0 Å². The predicted molar refractivity (Wildman–Crippen MR) is 73.4 cm³/mol. The summed E-state index contributed by atoms with van der Waals surface area (Å²) < 4.78 is 13.0. The molecule has 3 nitrogen and oxygen atoms in total. The first-order valence-corrected chi connectivity index (χ1v) is 6.30. The molecule has 0 aliphatic carbocycles. The molecule has 3 rings (SSSR count). The lowest BCUT2D eigenvalue weighted by molar-refractivity contribution is 0.291. The van der Waals surface area contributed by atoms with Crippen LogP contribution in [0.2, 0.25) is 0 Å². The van der Waals surface area contributed by atoms with Gasteiger partial charge in [-0.3, -0.25) is 0 Å². The van der Waals surface area contributed by atoms with Crippen LogP contribution in [0.3, 0.4) is 0 Å². The van der Waals surface area contributed by atoms with Crippen LogP contribution in [0, 0.1) is 12.7 Å². The number of benzene rings is 1. The number of rotatable bonds is 0. The van der Waals surface area contributed by atoms with E-state index in [0.29, 0.717) is 5.39 Å². The minimum Gasteiger partial charge on any atom is -0.359 e. The summed E-state index contributed by atoms with van der Waals surface area (Å²) in [6.07, 6.45) is 0. The van der Waals surface area contributed by atoms with E-state index in [9.17, 15) is 4.39 Å². The van der Waals surface area contributed by atoms with Gasteiger partial charge in [0.05, 0.1) is 0 Å². The highest BCUT2D eigenvalue weighted by atomic mass is 19.1. The monoisotopic (exact) mass is 249 g/mol. The Morgan fingerprint density at radius 1 is 1.22 bits per heavy atom. The Morgan fingerprint density at radius 3 is 2.50 bits per heavy atom. The van der Waals surface area contributed by atoms with E-state index in [2.05, 4.69) is 22.2 Å². The van der Waals surface area contributed by atoms with Gasteiger partial charge in [-0.05, 0) is 32.2 Å². The standard InChI is InChI=1S/C9H8FN.C5H12N2/c1-6-5-7-8(10)3-2-4-9(7)11-6;1-7-4-2-6-3-5-7/h2-5,11H,1H3;6H,2-5H2,1H3. The topological polar surface area (TPSA) is 31.1 Å². The zero-order chi connectivity index (χ0) is 13.0. The van der Waals surface area contributed by atoms with Crippen molar-refractivity contribution in [1.82, 2.24) is 15.2 Å². The lowest BCUT2D eigenvalue weighted by Crippen LogP contribution is -2.40. The van der Waals surface area contributed by atoms with Crippen molar-refractivity contribution in [3.05, 3.63) is 35.8 Å². The van der Waals surface area contributed by atoms with Crippen LogP contribution in [-0.4, -0.2) is 43.1 Å². The number of nitrogens with zero attached hydrogens (tertiary/aromatic N) is 1. The van der Waals surface area contributed by atoms with Crippen molar-refractivity contribution in [1.29, 1.82) is 0 Å². The maximum Gasteiger partial charge on any atom is 0.132 e. The van der Waals surface area contributed by atoms with Crippen LogP contribution in [0.5, 0.6) is 0 Å². The highest BCUT2D eigenvalue weighted by Crippen LogP contribution is 2.17. The Morgan fingerprint density at radius 2 is 1.94 bits per heavy atom. The molecule has 18 heavy (non-hydrogen) atoms. The van der Waals surface area contributed by atoms with Gasteiger partial charge < -0.3 is 15.2 Å². The largest absolute Gasteiger partial charge is 0.359 e. The number of piperazine rings is 1. The smallest absolute Gasteiger partial charge is 0.132 e. The summed E-state index contributed by atoms with van der Waals surface area (Å²) in [6.45, 7) is 6.66. The number of aromatic amines is 1. The fourth-order valence-electron chi connectivity index (χ4n) is 2.03. The van der Waals surface area contributed by atoms with E-state index < -0.39 is 0 Å². The molecule has 0 spiro atoms. The fraction of sp³-hybridized carbons (Fsp3) is 0.429.